The number of halogens is 2. The quantitative estimate of drug-likeness (QED) is 0.739. The number of ether oxygens (including phenoxy) is 4. The minimum atomic E-state index is -3.58. The van der Waals surface area contributed by atoms with E-state index in [0.717, 1.165) is 0 Å². The van der Waals surface area contributed by atoms with E-state index in [9.17, 15) is 8.78 Å². The van der Waals surface area contributed by atoms with Gasteiger partial charge in [-0.15, -0.1) is 8.78 Å². The Morgan fingerprint density at radius 1 is 1.06 bits per heavy atom. The van der Waals surface area contributed by atoms with E-state index in [1.165, 1.54) is 12.1 Å². The molecule has 2 aliphatic heterocycles. The average Bonchev–Trinajstić information content (AvgIpc) is 2.80. The highest BCUT2D eigenvalue weighted by Crippen LogP contribution is 2.42. The average molecular weight is 230 g/mol. The van der Waals surface area contributed by atoms with Gasteiger partial charge in [-0.25, -0.2) is 0 Å². The van der Waals surface area contributed by atoms with Crippen LogP contribution in [0.3, 0.4) is 0 Å². The van der Waals surface area contributed by atoms with Gasteiger partial charge < -0.3 is 18.9 Å². The Hall–Kier alpha value is -1.40. The predicted octanol–water partition coefficient (Wildman–Crippen LogP) is 2.05. The van der Waals surface area contributed by atoms with Crippen molar-refractivity contribution in [3.63, 3.8) is 0 Å². The van der Waals surface area contributed by atoms with Crippen LogP contribution in [0.4, 0.5) is 8.78 Å². The summed E-state index contributed by atoms with van der Waals surface area (Å²) in [5.74, 6) is 0.0216. The van der Waals surface area contributed by atoms with Gasteiger partial charge in [-0.3, -0.25) is 0 Å². The van der Waals surface area contributed by atoms with Crippen LogP contribution in [0.15, 0.2) is 18.2 Å². The third-order valence-electron chi connectivity index (χ3n) is 2.32. The molecule has 0 atom stereocenters. The summed E-state index contributed by atoms with van der Waals surface area (Å²) in [4.78, 5) is 0. The van der Waals surface area contributed by atoms with Crippen molar-refractivity contribution in [2.24, 2.45) is 0 Å². The summed E-state index contributed by atoms with van der Waals surface area (Å²) in [6, 6.07) is 4.46. The normalized spacial score (nSPS) is 22.6. The number of alkyl halides is 2. The van der Waals surface area contributed by atoms with E-state index in [2.05, 4.69) is 9.47 Å². The molecule has 4 nitrogen and oxygen atoms in total. The molecule has 1 aromatic rings. The maximum absolute atomic E-state index is 12.7. The van der Waals surface area contributed by atoms with Crippen LogP contribution in [0.5, 0.6) is 11.5 Å². The SMILES string of the molecule is FC1(F)Oc2ccc(C3OCCO3)cc2O1. The van der Waals surface area contributed by atoms with Gasteiger partial charge in [0.15, 0.2) is 17.8 Å². The second kappa shape index (κ2) is 3.29. The van der Waals surface area contributed by atoms with Crippen molar-refractivity contribution in [2.45, 2.75) is 12.6 Å². The van der Waals surface area contributed by atoms with Crippen LogP contribution in [0.2, 0.25) is 0 Å². The molecule has 16 heavy (non-hydrogen) atoms. The van der Waals surface area contributed by atoms with Crippen LogP contribution in [-0.2, 0) is 9.47 Å². The van der Waals surface area contributed by atoms with Gasteiger partial charge in [-0.2, -0.15) is 0 Å². The molecule has 1 aromatic carbocycles. The number of hydrogen-bond donors (Lipinski definition) is 0. The van der Waals surface area contributed by atoms with Crippen molar-refractivity contribution in [1.29, 1.82) is 0 Å². The number of benzene rings is 1. The Morgan fingerprint density at radius 3 is 2.50 bits per heavy atom. The number of rotatable bonds is 1. The van der Waals surface area contributed by atoms with Gasteiger partial charge in [0.25, 0.3) is 0 Å². The van der Waals surface area contributed by atoms with Crippen LogP contribution in [0.1, 0.15) is 11.9 Å². The maximum atomic E-state index is 12.7. The van der Waals surface area contributed by atoms with Gasteiger partial charge in [0.05, 0.1) is 13.2 Å². The van der Waals surface area contributed by atoms with Gasteiger partial charge in [-0.1, -0.05) is 0 Å². The lowest BCUT2D eigenvalue weighted by atomic mass is 10.2. The lowest BCUT2D eigenvalue weighted by molar-refractivity contribution is -0.286. The highest BCUT2D eigenvalue weighted by atomic mass is 19.3. The summed E-state index contributed by atoms with van der Waals surface area (Å²) < 4.78 is 44.6. The molecule has 1 saturated heterocycles. The smallest absolute Gasteiger partial charge is 0.395 e. The summed E-state index contributed by atoms with van der Waals surface area (Å²) in [5, 5.41) is 0. The van der Waals surface area contributed by atoms with Gasteiger partial charge in [0.1, 0.15) is 0 Å². The maximum Gasteiger partial charge on any atom is 0.586 e. The first-order chi connectivity index (χ1) is 7.64. The molecule has 0 unspecified atom stereocenters. The topological polar surface area (TPSA) is 36.9 Å². The molecular weight excluding hydrogens is 222 g/mol. The van der Waals surface area contributed by atoms with E-state index in [-0.39, 0.29) is 11.5 Å². The monoisotopic (exact) mass is 230 g/mol. The van der Waals surface area contributed by atoms with E-state index in [0.29, 0.717) is 18.8 Å². The van der Waals surface area contributed by atoms with E-state index in [1.807, 2.05) is 0 Å². The third kappa shape index (κ3) is 1.60. The fraction of sp³-hybridized carbons (Fsp3) is 0.400. The lowest BCUT2D eigenvalue weighted by Gasteiger charge is -2.09. The van der Waals surface area contributed by atoms with Crippen LogP contribution >= 0.6 is 0 Å². The van der Waals surface area contributed by atoms with Crippen molar-refractivity contribution in [3.05, 3.63) is 23.8 Å². The number of fused-ring (bicyclic) bond motifs is 1. The van der Waals surface area contributed by atoms with Crippen molar-refractivity contribution >= 4 is 0 Å². The first kappa shape index (κ1) is 9.80. The van der Waals surface area contributed by atoms with Gasteiger partial charge in [0.2, 0.25) is 0 Å². The molecule has 0 spiro atoms. The lowest BCUT2D eigenvalue weighted by Crippen LogP contribution is -2.25. The molecule has 0 bridgehead atoms. The predicted molar refractivity (Wildman–Crippen MR) is 47.3 cm³/mol. The summed E-state index contributed by atoms with van der Waals surface area (Å²) in [6.07, 6.45) is -4.10. The Morgan fingerprint density at radius 2 is 1.75 bits per heavy atom. The molecule has 2 aliphatic rings. The minimum Gasteiger partial charge on any atom is -0.395 e. The number of hydrogen-bond acceptors (Lipinski definition) is 4. The van der Waals surface area contributed by atoms with Crippen molar-refractivity contribution in [1.82, 2.24) is 0 Å². The molecule has 0 saturated carbocycles. The molecule has 0 amide bonds. The van der Waals surface area contributed by atoms with Gasteiger partial charge in [-0.05, 0) is 18.2 Å². The molecule has 86 valence electrons. The van der Waals surface area contributed by atoms with Crippen LogP contribution in [0.25, 0.3) is 0 Å². The van der Waals surface area contributed by atoms with E-state index in [4.69, 9.17) is 9.47 Å². The first-order valence-corrected chi connectivity index (χ1v) is 4.77. The molecular formula is C10H8F2O4. The molecule has 0 aliphatic carbocycles. The third-order valence-corrected chi connectivity index (χ3v) is 2.32. The van der Waals surface area contributed by atoms with E-state index < -0.39 is 12.6 Å². The zero-order chi connectivity index (χ0) is 11.2. The van der Waals surface area contributed by atoms with Crippen molar-refractivity contribution in [3.8, 4) is 11.5 Å². The van der Waals surface area contributed by atoms with Crippen LogP contribution in [0, 0.1) is 0 Å². The van der Waals surface area contributed by atoms with E-state index >= 15 is 0 Å². The zero-order valence-electron chi connectivity index (χ0n) is 8.11. The van der Waals surface area contributed by atoms with E-state index in [1.54, 1.807) is 6.07 Å². The zero-order valence-corrected chi connectivity index (χ0v) is 8.11. The largest absolute Gasteiger partial charge is 0.586 e. The van der Waals surface area contributed by atoms with Crippen molar-refractivity contribution in [2.75, 3.05) is 13.2 Å². The van der Waals surface area contributed by atoms with Gasteiger partial charge >= 0.3 is 6.29 Å². The Labute approximate surface area is 89.7 Å². The van der Waals surface area contributed by atoms with Crippen LogP contribution < -0.4 is 9.47 Å². The minimum absolute atomic E-state index is 0.00148. The summed E-state index contributed by atoms with van der Waals surface area (Å²) >= 11 is 0. The van der Waals surface area contributed by atoms with Crippen LogP contribution in [-0.4, -0.2) is 19.5 Å². The molecule has 0 radical (unpaired) electrons. The summed E-state index contributed by atoms with van der Waals surface area (Å²) in [7, 11) is 0. The second-order valence-electron chi connectivity index (χ2n) is 3.45. The Kier molecular flexibility index (Phi) is 2.02. The molecule has 2 heterocycles. The molecule has 1 fully saturated rings. The molecule has 0 N–H and O–H groups in total. The highest BCUT2D eigenvalue weighted by Gasteiger charge is 2.43. The standard InChI is InChI=1S/C10H8F2O4/c11-10(12)15-7-2-1-6(5-8(7)16-10)9-13-3-4-14-9/h1-2,5,9H,3-4H2. The summed E-state index contributed by atoms with van der Waals surface area (Å²) in [6.45, 7) is 0.991. The van der Waals surface area contributed by atoms with Crippen molar-refractivity contribution < 1.29 is 27.7 Å². The highest BCUT2D eigenvalue weighted by molar-refractivity contribution is 5.45. The molecule has 0 aromatic heterocycles. The van der Waals surface area contributed by atoms with Gasteiger partial charge in [0, 0.05) is 5.56 Å². The Bertz CT molecular complexity index is 415. The second-order valence-corrected chi connectivity index (χ2v) is 3.45. The molecule has 6 heteroatoms. The Balaban J connectivity index is 1.89. The summed E-state index contributed by atoms with van der Waals surface area (Å²) in [5.41, 5.74) is 0.637. The fourth-order valence-corrected chi connectivity index (χ4v) is 1.66. The molecule has 3 rings (SSSR count). The first-order valence-electron chi connectivity index (χ1n) is 4.77. The fourth-order valence-electron chi connectivity index (χ4n) is 1.66.